The first-order valence-electron chi connectivity index (χ1n) is 9.54. The molecule has 0 atom stereocenters. The van der Waals surface area contributed by atoms with Crippen molar-refractivity contribution in [1.29, 1.82) is 0 Å². The fraction of sp³-hybridized carbons (Fsp3) is 1.00. The number of rotatable bonds is 5. The Bertz CT molecular complexity index is 259. The van der Waals surface area contributed by atoms with Gasteiger partial charge < -0.3 is 9.05 Å². The first-order valence-corrected chi connectivity index (χ1v) is 10.8. The first kappa shape index (κ1) is 16.2. The van der Waals surface area contributed by atoms with E-state index in [2.05, 4.69) is 0 Å². The molecule has 3 rings (SSSR count). The van der Waals surface area contributed by atoms with Crippen LogP contribution in [-0.4, -0.2) is 17.9 Å². The standard InChI is InChI=1S/C18H33O2P/c1-4-10-16(11-5-1)19-21(18-14-8-3-9-15-18)20-17-12-6-2-7-13-17/h16-18H,1-15H2. The quantitative estimate of drug-likeness (QED) is 0.552. The van der Waals surface area contributed by atoms with Crippen LogP contribution in [0, 0.1) is 0 Å². The largest absolute Gasteiger partial charge is 0.331 e. The molecule has 21 heavy (non-hydrogen) atoms. The average Bonchev–Trinajstić information content (AvgIpc) is 2.57. The zero-order valence-corrected chi connectivity index (χ0v) is 14.5. The molecule has 0 unspecified atom stereocenters. The summed E-state index contributed by atoms with van der Waals surface area (Å²) in [6.07, 6.45) is 21.3. The van der Waals surface area contributed by atoms with Gasteiger partial charge in [0.15, 0.2) is 8.38 Å². The lowest BCUT2D eigenvalue weighted by molar-refractivity contribution is 0.0976. The monoisotopic (exact) mass is 312 g/mol. The van der Waals surface area contributed by atoms with Crippen LogP contribution in [0.2, 0.25) is 0 Å². The molecular weight excluding hydrogens is 279 g/mol. The molecule has 0 aromatic heterocycles. The maximum atomic E-state index is 6.58. The molecule has 3 heteroatoms. The van der Waals surface area contributed by atoms with E-state index >= 15 is 0 Å². The smallest absolute Gasteiger partial charge is 0.174 e. The van der Waals surface area contributed by atoms with Crippen molar-refractivity contribution in [3.63, 3.8) is 0 Å². The highest BCUT2D eigenvalue weighted by atomic mass is 31.2. The third kappa shape index (κ3) is 5.19. The van der Waals surface area contributed by atoms with Gasteiger partial charge in [-0.1, -0.05) is 57.8 Å². The summed E-state index contributed by atoms with van der Waals surface area (Å²) in [7, 11) is -0.625. The molecule has 2 nitrogen and oxygen atoms in total. The summed E-state index contributed by atoms with van der Waals surface area (Å²) in [5.41, 5.74) is 0.734. The Kier molecular flexibility index (Phi) is 6.83. The van der Waals surface area contributed by atoms with Crippen molar-refractivity contribution in [3.8, 4) is 0 Å². The van der Waals surface area contributed by atoms with Gasteiger partial charge in [0.25, 0.3) is 0 Å². The minimum atomic E-state index is -0.625. The predicted octanol–water partition coefficient (Wildman–Crippen LogP) is 6.33. The van der Waals surface area contributed by atoms with Crippen LogP contribution in [0.4, 0.5) is 0 Å². The molecule has 0 bridgehead atoms. The van der Waals surface area contributed by atoms with Gasteiger partial charge in [-0.2, -0.15) is 0 Å². The number of hydrogen-bond acceptors (Lipinski definition) is 2. The van der Waals surface area contributed by atoms with Crippen LogP contribution in [-0.2, 0) is 9.05 Å². The van der Waals surface area contributed by atoms with E-state index in [9.17, 15) is 0 Å². The van der Waals surface area contributed by atoms with Crippen LogP contribution >= 0.6 is 8.38 Å². The van der Waals surface area contributed by atoms with Crippen molar-refractivity contribution in [2.24, 2.45) is 0 Å². The molecule has 0 aliphatic heterocycles. The molecule has 3 fully saturated rings. The Morgan fingerprint density at radius 3 is 1.29 bits per heavy atom. The Balaban J connectivity index is 1.55. The normalized spacial score (nSPS) is 27.3. The van der Waals surface area contributed by atoms with E-state index in [0.717, 1.165) is 5.66 Å². The van der Waals surface area contributed by atoms with Crippen LogP contribution in [0.5, 0.6) is 0 Å². The summed E-state index contributed by atoms with van der Waals surface area (Å²) < 4.78 is 13.2. The van der Waals surface area contributed by atoms with E-state index in [-0.39, 0.29) is 0 Å². The van der Waals surface area contributed by atoms with Crippen LogP contribution < -0.4 is 0 Å². The molecule has 0 N–H and O–H groups in total. The first-order chi connectivity index (χ1) is 10.4. The van der Waals surface area contributed by atoms with Gasteiger partial charge in [0, 0.05) is 5.66 Å². The maximum absolute atomic E-state index is 6.58. The van der Waals surface area contributed by atoms with E-state index in [4.69, 9.17) is 9.05 Å². The van der Waals surface area contributed by atoms with Gasteiger partial charge in [-0.15, -0.1) is 0 Å². The fourth-order valence-electron chi connectivity index (χ4n) is 4.12. The van der Waals surface area contributed by atoms with Gasteiger partial charge in [0.1, 0.15) is 0 Å². The van der Waals surface area contributed by atoms with Crippen molar-refractivity contribution < 1.29 is 9.05 Å². The number of hydrogen-bond donors (Lipinski definition) is 0. The minimum Gasteiger partial charge on any atom is -0.331 e. The van der Waals surface area contributed by atoms with Crippen molar-refractivity contribution in [1.82, 2.24) is 0 Å². The summed E-state index contributed by atoms with van der Waals surface area (Å²) in [6, 6.07) is 0. The van der Waals surface area contributed by atoms with Gasteiger partial charge in [-0.25, -0.2) is 0 Å². The van der Waals surface area contributed by atoms with Gasteiger partial charge >= 0.3 is 0 Å². The second-order valence-electron chi connectivity index (χ2n) is 7.31. The third-order valence-corrected chi connectivity index (χ3v) is 7.61. The molecule has 0 aromatic carbocycles. The summed E-state index contributed by atoms with van der Waals surface area (Å²) in [6.45, 7) is 0. The molecule has 3 aliphatic carbocycles. The SMILES string of the molecule is C1CCC(OP(OC2CCCCC2)C2CCCCC2)CC1. The van der Waals surface area contributed by atoms with E-state index in [1.165, 1.54) is 96.3 Å². The lowest BCUT2D eigenvalue weighted by atomic mass is 9.98. The minimum absolute atomic E-state index is 0.510. The molecule has 0 heterocycles. The van der Waals surface area contributed by atoms with Crippen molar-refractivity contribution in [2.75, 3.05) is 0 Å². The second-order valence-corrected chi connectivity index (χ2v) is 9.03. The van der Waals surface area contributed by atoms with Gasteiger partial charge in [0.2, 0.25) is 0 Å². The molecule has 0 saturated heterocycles. The van der Waals surface area contributed by atoms with Crippen molar-refractivity contribution >= 4 is 8.38 Å². The summed E-state index contributed by atoms with van der Waals surface area (Å²) in [4.78, 5) is 0. The molecule has 0 radical (unpaired) electrons. The van der Waals surface area contributed by atoms with Crippen LogP contribution in [0.25, 0.3) is 0 Å². The zero-order valence-electron chi connectivity index (χ0n) is 13.6. The molecule has 0 spiro atoms. The van der Waals surface area contributed by atoms with Crippen LogP contribution in [0.1, 0.15) is 96.3 Å². The van der Waals surface area contributed by atoms with E-state index in [1.54, 1.807) is 0 Å². The Labute approximate surface area is 132 Å². The summed E-state index contributed by atoms with van der Waals surface area (Å²) in [5, 5.41) is 0. The van der Waals surface area contributed by atoms with Gasteiger partial charge in [0.05, 0.1) is 12.2 Å². The highest BCUT2D eigenvalue weighted by Crippen LogP contribution is 2.53. The highest BCUT2D eigenvalue weighted by molar-refractivity contribution is 7.48. The summed E-state index contributed by atoms with van der Waals surface area (Å²) >= 11 is 0. The average molecular weight is 312 g/mol. The lowest BCUT2D eigenvalue weighted by Gasteiger charge is -2.36. The lowest BCUT2D eigenvalue weighted by Crippen LogP contribution is -2.23. The molecule has 0 aromatic rings. The van der Waals surface area contributed by atoms with Gasteiger partial charge in [-0.05, 0) is 38.5 Å². The highest BCUT2D eigenvalue weighted by Gasteiger charge is 2.31. The van der Waals surface area contributed by atoms with Crippen molar-refractivity contribution in [3.05, 3.63) is 0 Å². The molecule has 3 saturated carbocycles. The topological polar surface area (TPSA) is 18.5 Å². The molecule has 0 amide bonds. The molecular formula is C18H33O2P. The molecule has 3 aliphatic rings. The fourth-order valence-corrected chi connectivity index (χ4v) is 6.31. The second kappa shape index (κ2) is 8.85. The Hall–Kier alpha value is 0.350. The van der Waals surface area contributed by atoms with E-state index < -0.39 is 8.38 Å². The van der Waals surface area contributed by atoms with Crippen LogP contribution in [0.15, 0.2) is 0 Å². The molecule has 122 valence electrons. The summed E-state index contributed by atoms with van der Waals surface area (Å²) in [5.74, 6) is 0. The Morgan fingerprint density at radius 1 is 0.476 bits per heavy atom. The Morgan fingerprint density at radius 2 is 0.857 bits per heavy atom. The van der Waals surface area contributed by atoms with Gasteiger partial charge in [-0.3, -0.25) is 0 Å². The third-order valence-electron chi connectivity index (χ3n) is 5.48. The zero-order chi connectivity index (χ0) is 14.3. The predicted molar refractivity (Wildman–Crippen MR) is 89.7 cm³/mol. The van der Waals surface area contributed by atoms with E-state index in [0.29, 0.717) is 12.2 Å². The maximum Gasteiger partial charge on any atom is 0.174 e. The van der Waals surface area contributed by atoms with Crippen LogP contribution in [0.3, 0.4) is 0 Å². The van der Waals surface area contributed by atoms with Crippen molar-refractivity contribution in [2.45, 2.75) is 114 Å². The van der Waals surface area contributed by atoms with E-state index in [1.807, 2.05) is 0 Å².